The highest BCUT2D eigenvalue weighted by Gasteiger charge is 2.26. The number of carbonyl (C=O) groups excluding carboxylic acids is 1. The van der Waals surface area contributed by atoms with E-state index in [1.54, 1.807) is 6.07 Å². The molecule has 3 aliphatic rings. The summed E-state index contributed by atoms with van der Waals surface area (Å²) in [5.41, 5.74) is 4.76. The average Bonchev–Trinajstić information content (AvgIpc) is 3.45. The number of amides is 1. The van der Waals surface area contributed by atoms with Crippen LogP contribution in [0.1, 0.15) is 52.5 Å². The van der Waals surface area contributed by atoms with Crippen LogP contribution in [0.2, 0.25) is 0 Å². The van der Waals surface area contributed by atoms with Crippen LogP contribution in [-0.4, -0.2) is 113 Å². The maximum atomic E-state index is 13.3. The number of aliphatic hydroxyl groups excluding tert-OH is 1. The van der Waals surface area contributed by atoms with Crippen molar-refractivity contribution < 1.29 is 23.8 Å². The van der Waals surface area contributed by atoms with Crippen LogP contribution in [0.5, 0.6) is 5.75 Å². The molecule has 0 radical (unpaired) electrons. The first-order valence-corrected chi connectivity index (χ1v) is 16.3. The molecule has 248 valence electrons. The highest BCUT2D eigenvalue weighted by atomic mass is 16.5. The molecule has 1 aromatic carbocycles. The Hall–Kier alpha value is -3.78. The number of nitrogens with zero attached hydrogens (tertiary/aromatic N) is 6. The number of fused-ring (bicyclic) bond motifs is 1. The molecule has 0 spiro atoms. The molecule has 0 saturated carbocycles. The van der Waals surface area contributed by atoms with Gasteiger partial charge in [-0.3, -0.25) is 14.6 Å². The third-order valence-electron chi connectivity index (χ3n) is 9.15. The minimum Gasteiger partial charge on any atom is -0.485 e. The van der Waals surface area contributed by atoms with Gasteiger partial charge in [0.05, 0.1) is 31.1 Å². The first-order valence-electron chi connectivity index (χ1n) is 16.3. The molecule has 3 N–H and O–H groups in total. The fraction of sp³-hybridized carbons (Fsp3) is 0.576. The van der Waals surface area contributed by atoms with Crippen LogP contribution in [0.25, 0.3) is 0 Å². The SMILES string of the molecule is Cc1ncoc1COc1ccc2c(c1C)CCN(CC(O)CNC(=O)c1cc(NC3COC3)nc(N3CCN(C(C)C)CC3)n1)C2. The Morgan fingerprint density at radius 1 is 1.13 bits per heavy atom. The molecule has 13 nitrogen and oxygen atoms in total. The lowest BCUT2D eigenvalue weighted by Gasteiger charge is -2.37. The van der Waals surface area contributed by atoms with Gasteiger partial charge in [0.1, 0.15) is 23.9 Å². The van der Waals surface area contributed by atoms with E-state index in [0.717, 1.165) is 68.5 Å². The second-order valence-corrected chi connectivity index (χ2v) is 12.8. The number of piperazine rings is 1. The number of aryl methyl sites for hydroxylation is 1. The van der Waals surface area contributed by atoms with Gasteiger partial charge in [0.2, 0.25) is 5.95 Å². The van der Waals surface area contributed by atoms with Gasteiger partial charge in [-0.25, -0.2) is 9.97 Å². The molecule has 2 saturated heterocycles. The lowest BCUT2D eigenvalue weighted by atomic mass is 9.94. The summed E-state index contributed by atoms with van der Waals surface area (Å²) in [5, 5.41) is 17.2. The predicted octanol–water partition coefficient (Wildman–Crippen LogP) is 2.15. The third-order valence-corrected chi connectivity index (χ3v) is 9.15. The van der Waals surface area contributed by atoms with Gasteiger partial charge in [0, 0.05) is 64.5 Å². The van der Waals surface area contributed by atoms with Crippen LogP contribution in [0.3, 0.4) is 0 Å². The minimum atomic E-state index is -0.727. The molecular formula is C33H46N8O5. The van der Waals surface area contributed by atoms with E-state index in [1.807, 2.05) is 13.0 Å². The van der Waals surface area contributed by atoms with Crippen molar-refractivity contribution in [3.05, 3.63) is 58.4 Å². The van der Waals surface area contributed by atoms with E-state index in [2.05, 4.69) is 62.1 Å². The predicted molar refractivity (Wildman–Crippen MR) is 173 cm³/mol. The van der Waals surface area contributed by atoms with Gasteiger partial charge < -0.3 is 34.5 Å². The summed E-state index contributed by atoms with van der Waals surface area (Å²) in [5.74, 6) is 2.40. The van der Waals surface area contributed by atoms with Crippen molar-refractivity contribution in [3.8, 4) is 5.75 Å². The number of rotatable bonds is 12. The van der Waals surface area contributed by atoms with Crippen LogP contribution in [0, 0.1) is 13.8 Å². The molecule has 1 amide bonds. The van der Waals surface area contributed by atoms with E-state index in [4.69, 9.17) is 18.9 Å². The van der Waals surface area contributed by atoms with Gasteiger partial charge in [-0.1, -0.05) is 6.07 Å². The summed E-state index contributed by atoms with van der Waals surface area (Å²) in [6, 6.07) is 6.44. The van der Waals surface area contributed by atoms with E-state index in [1.165, 1.54) is 17.5 Å². The van der Waals surface area contributed by atoms with Crippen LogP contribution in [0.15, 0.2) is 29.0 Å². The Morgan fingerprint density at radius 2 is 1.93 bits per heavy atom. The lowest BCUT2D eigenvalue weighted by Crippen LogP contribution is -2.49. The number of hydrogen-bond acceptors (Lipinski definition) is 12. The number of oxazole rings is 1. The van der Waals surface area contributed by atoms with E-state index >= 15 is 0 Å². The smallest absolute Gasteiger partial charge is 0.270 e. The zero-order chi connectivity index (χ0) is 32.2. The molecule has 6 rings (SSSR count). The summed E-state index contributed by atoms with van der Waals surface area (Å²) >= 11 is 0. The monoisotopic (exact) mass is 634 g/mol. The number of aliphatic hydroxyl groups is 1. The van der Waals surface area contributed by atoms with Crippen LogP contribution in [-0.2, 0) is 24.3 Å². The maximum Gasteiger partial charge on any atom is 0.270 e. The van der Waals surface area contributed by atoms with Crippen molar-refractivity contribution in [2.75, 3.05) is 69.2 Å². The van der Waals surface area contributed by atoms with E-state index in [9.17, 15) is 9.90 Å². The zero-order valence-electron chi connectivity index (χ0n) is 27.3. The van der Waals surface area contributed by atoms with Crippen LogP contribution in [0.4, 0.5) is 11.8 Å². The molecular weight excluding hydrogens is 588 g/mol. The average molecular weight is 635 g/mol. The van der Waals surface area contributed by atoms with Gasteiger partial charge in [-0.2, -0.15) is 4.98 Å². The normalized spacial score (nSPS) is 18.3. The Morgan fingerprint density at radius 3 is 2.63 bits per heavy atom. The standard InChI is InChI=1S/C33H46N8O5/c1-21(2)40-9-11-41(12-10-40)33-37-28(13-31(38-33)36-25-17-44-18-25)32(43)34-14-26(42)16-39-8-7-27-22(3)29(6-5-24(27)15-39)45-19-30-23(4)35-20-46-30/h5-6,13,20-21,25-26,42H,7-12,14-19H2,1-4H3,(H,34,43)(H,36,37,38). The molecule has 1 unspecified atom stereocenters. The summed E-state index contributed by atoms with van der Waals surface area (Å²) < 4.78 is 16.8. The number of aromatic nitrogens is 3. The van der Waals surface area contributed by atoms with Crippen molar-refractivity contribution in [1.29, 1.82) is 0 Å². The Balaban J connectivity index is 1.03. The lowest BCUT2D eigenvalue weighted by molar-refractivity contribution is 0.0209. The molecule has 3 aromatic rings. The molecule has 0 bridgehead atoms. The first-order chi connectivity index (χ1) is 22.2. The minimum absolute atomic E-state index is 0.126. The Bertz CT molecular complexity index is 1500. The van der Waals surface area contributed by atoms with Gasteiger partial charge in [-0.15, -0.1) is 0 Å². The quantitative estimate of drug-likeness (QED) is 0.269. The third kappa shape index (κ3) is 7.60. The van der Waals surface area contributed by atoms with Crippen molar-refractivity contribution in [3.63, 3.8) is 0 Å². The second-order valence-electron chi connectivity index (χ2n) is 12.8. The number of nitrogens with one attached hydrogen (secondary N) is 2. The highest BCUT2D eigenvalue weighted by molar-refractivity contribution is 5.93. The van der Waals surface area contributed by atoms with Crippen LogP contribution < -0.4 is 20.3 Å². The van der Waals surface area contributed by atoms with Gasteiger partial charge in [0.15, 0.2) is 12.2 Å². The number of anilines is 2. The summed E-state index contributed by atoms with van der Waals surface area (Å²) in [4.78, 5) is 33.6. The summed E-state index contributed by atoms with van der Waals surface area (Å²) in [6.45, 7) is 15.5. The summed E-state index contributed by atoms with van der Waals surface area (Å²) in [6.07, 6.45) is 1.57. The van der Waals surface area contributed by atoms with E-state index < -0.39 is 6.10 Å². The van der Waals surface area contributed by atoms with Crippen LogP contribution >= 0.6 is 0 Å². The Labute approximate surface area is 270 Å². The first kappa shape index (κ1) is 32.2. The topological polar surface area (TPSA) is 141 Å². The van der Waals surface area contributed by atoms with Crippen molar-refractivity contribution >= 4 is 17.7 Å². The summed E-state index contributed by atoms with van der Waals surface area (Å²) in [7, 11) is 0. The number of carbonyl (C=O) groups is 1. The largest absolute Gasteiger partial charge is 0.485 e. The Kier molecular flexibility index (Phi) is 10.0. The number of benzene rings is 1. The fourth-order valence-electron chi connectivity index (χ4n) is 6.19. The molecule has 13 heteroatoms. The molecule has 5 heterocycles. The van der Waals surface area contributed by atoms with Gasteiger partial charge >= 0.3 is 0 Å². The number of ether oxygens (including phenoxy) is 2. The van der Waals surface area contributed by atoms with Gasteiger partial charge in [-0.05, 0) is 56.9 Å². The molecule has 1 atom stereocenters. The molecule has 2 aromatic heterocycles. The second kappa shape index (κ2) is 14.3. The van der Waals surface area contributed by atoms with E-state index in [-0.39, 0.29) is 24.2 Å². The fourth-order valence-corrected chi connectivity index (χ4v) is 6.19. The maximum absolute atomic E-state index is 13.3. The zero-order valence-corrected chi connectivity index (χ0v) is 27.3. The highest BCUT2D eigenvalue weighted by Crippen LogP contribution is 2.30. The molecule has 3 aliphatic heterocycles. The molecule has 0 aliphatic carbocycles. The van der Waals surface area contributed by atoms with Crippen molar-refractivity contribution in [1.82, 2.24) is 30.1 Å². The van der Waals surface area contributed by atoms with Crippen molar-refractivity contribution in [2.45, 2.75) is 65.5 Å². The van der Waals surface area contributed by atoms with Gasteiger partial charge in [0.25, 0.3) is 5.91 Å². The number of hydrogen-bond donors (Lipinski definition) is 3. The molecule has 46 heavy (non-hydrogen) atoms. The van der Waals surface area contributed by atoms with Crippen molar-refractivity contribution in [2.24, 2.45) is 0 Å². The number of β-amino-alcohol motifs (C(OH)–C–C–N with tert-alkyl or cyclic N) is 1. The van der Waals surface area contributed by atoms with E-state index in [0.29, 0.717) is 44.2 Å². The molecule has 2 fully saturated rings.